The number of morpholine rings is 1. The van der Waals surface area contributed by atoms with E-state index in [1.54, 1.807) is 7.11 Å². The number of benzene rings is 1. The van der Waals surface area contributed by atoms with E-state index in [1.165, 1.54) is 0 Å². The number of nitrogens with one attached hydrogen (secondary N) is 2. The number of aryl methyl sites for hydroxylation is 1. The molecule has 0 bridgehead atoms. The Morgan fingerprint density at radius 3 is 2.61 bits per heavy atom. The molecule has 2 heterocycles. The molecule has 31 heavy (non-hydrogen) atoms. The lowest BCUT2D eigenvalue weighted by Gasteiger charge is -2.32. The topological polar surface area (TPSA) is 80.5 Å². The van der Waals surface area contributed by atoms with Crippen molar-refractivity contribution in [3.8, 4) is 11.5 Å². The second kappa shape index (κ2) is 11.6. The molecule has 1 unspecified atom stereocenters. The van der Waals surface area contributed by atoms with Gasteiger partial charge in [0.15, 0.2) is 17.5 Å². The summed E-state index contributed by atoms with van der Waals surface area (Å²) in [6, 6.07) is 9.86. The Morgan fingerprint density at radius 2 is 1.97 bits per heavy atom. The molecule has 0 amide bonds. The third kappa shape index (κ3) is 6.38. The van der Waals surface area contributed by atoms with E-state index in [-0.39, 0.29) is 6.04 Å². The fourth-order valence-corrected chi connectivity index (χ4v) is 3.55. The summed E-state index contributed by atoms with van der Waals surface area (Å²) in [5.41, 5.74) is 0.876. The summed E-state index contributed by atoms with van der Waals surface area (Å²) in [6.07, 6.45) is 0. The van der Waals surface area contributed by atoms with Crippen LogP contribution >= 0.6 is 0 Å². The van der Waals surface area contributed by atoms with E-state index >= 15 is 0 Å². The Balaban J connectivity index is 1.78. The number of nitrogens with zero attached hydrogens (tertiary/aromatic N) is 2. The highest BCUT2D eigenvalue weighted by atomic mass is 16.5. The van der Waals surface area contributed by atoms with Crippen LogP contribution < -0.4 is 20.1 Å². The van der Waals surface area contributed by atoms with Gasteiger partial charge in [-0.3, -0.25) is 9.89 Å². The van der Waals surface area contributed by atoms with E-state index < -0.39 is 0 Å². The maximum atomic E-state index is 5.95. The standard InChI is InChI=1S/C23H34N4O4/c1-5-24-23(26-18-8-10-21(28-4)22(15-18)30-6-2)25-16-19(20-9-7-17(3)31-20)27-11-13-29-14-12-27/h7-10,15,19H,5-6,11-14,16H2,1-4H3,(H2,24,25,26). The average Bonchev–Trinajstić information content (AvgIpc) is 3.21. The summed E-state index contributed by atoms with van der Waals surface area (Å²) < 4.78 is 22.6. The molecule has 0 aliphatic carbocycles. The zero-order valence-corrected chi connectivity index (χ0v) is 18.9. The predicted octanol–water partition coefficient (Wildman–Crippen LogP) is 3.45. The molecule has 3 rings (SSSR count). The van der Waals surface area contributed by atoms with Crippen LogP contribution in [0.15, 0.2) is 39.7 Å². The van der Waals surface area contributed by atoms with Crippen molar-refractivity contribution in [2.45, 2.75) is 26.8 Å². The van der Waals surface area contributed by atoms with Gasteiger partial charge in [-0.15, -0.1) is 0 Å². The zero-order valence-electron chi connectivity index (χ0n) is 18.9. The van der Waals surface area contributed by atoms with E-state index in [4.69, 9.17) is 23.6 Å². The molecule has 8 nitrogen and oxygen atoms in total. The molecule has 1 fully saturated rings. The first kappa shape index (κ1) is 23.0. The predicted molar refractivity (Wildman–Crippen MR) is 122 cm³/mol. The van der Waals surface area contributed by atoms with Crippen LogP contribution in [0.3, 0.4) is 0 Å². The van der Waals surface area contributed by atoms with Gasteiger partial charge in [0.2, 0.25) is 0 Å². The van der Waals surface area contributed by atoms with Gasteiger partial charge in [0.05, 0.1) is 39.5 Å². The summed E-state index contributed by atoms with van der Waals surface area (Å²) in [5, 5.41) is 6.69. The zero-order chi connectivity index (χ0) is 22.1. The molecule has 1 aromatic carbocycles. The van der Waals surface area contributed by atoms with E-state index in [9.17, 15) is 0 Å². The molecule has 1 aromatic heterocycles. The summed E-state index contributed by atoms with van der Waals surface area (Å²) in [7, 11) is 1.64. The first-order chi connectivity index (χ1) is 15.1. The van der Waals surface area contributed by atoms with Crippen LogP contribution in [-0.2, 0) is 4.74 Å². The van der Waals surface area contributed by atoms with Crippen molar-refractivity contribution >= 4 is 11.6 Å². The number of furan rings is 1. The summed E-state index contributed by atoms with van der Waals surface area (Å²) in [5.74, 6) is 3.95. The van der Waals surface area contributed by atoms with Gasteiger partial charge in [0, 0.05) is 31.4 Å². The Labute approximate surface area is 184 Å². The number of hydrogen-bond donors (Lipinski definition) is 2. The molecule has 8 heteroatoms. The largest absolute Gasteiger partial charge is 0.493 e. The molecule has 170 valence electrons. The summed E-state index contributed by atoms with van der Waals surface area (Å²) >= 11 is 0. The number of anilines is 1. The lowest BCUT2D eigenvalue weighted by molar-refractivity contribution is 0.0135. The van der Waals surface area contributed by atoms with Crippen molar-refractivity contribution in [3.05, 3.63) is 41.9 Å². The fraction of sp³-hybridized carbons (Fsp3) is 0.522. The SMILES string of the molecule is CCNC(=NCC(c1ccc(C)o1)N1CCOCC1)Nc1ccc(OC)c(OCC)c1. The molecule has 0 spiro atoms. The minimum atomic E-state index is 0.0582. The van der Waals surface area contributed by atoms with Crippen LogP contribution in [0.1, 0.15) is 31.4 Å². The van der Waals surface area contributed by atoms with Gasteiger partial charge in [-0.05, 0) is 45.0 Å². The van der Waals surface area contributed by atoms with Crippen molar-refractivity contribution in [3.63, 3.8) is 0 Å². The van der Waals surface area contributed by atoms with Crippen molar-refractivity contribution < 1.29 is 18.6 Å². The van der Waals surface area contributed by atoms with Crippen molar-refractivity contribution in [1.82, 2.24) is 10.2 Å². The summed E-state index contributed by atoms with van der Waals surface area (Å²) in [4.78, 5) is 7.24. The van der Waals surface area contributed by atoms with Crippen LogP contribution in [0.25, 0.3) is 0 Å². The lowest BCUT2D eigenvalue weighted by atomic mass is 10.1. The molecular formula is C23H34N4O4. The Bertz CT molecular complexity index is 846. The van der Waals surface area contributed by atoms with Gasteiger partial charge in [0.25, 0.3) is 0 Å². The second-order valence-corrected chi connectivity index (χ2v) is 7.26. The number of guanidine groups is 1. The van der Waals surface area contributed by atoms with E-state index in [1.807, 2.05) is 51.1 Å². The Morgan fingerprint density at radius 1 is 1.16 bits per heavy atom. The smallest absolute Gasteiger partial charge is 0.195 e. The van der Waals surface area contributed by atoms with Crippen LogP contribution in [0, 0.1) is 6.92 Å². The van der Waals surface area contributed by atoms with E-state index in [0.29, 0.717) is 30.6 Å². The Hall–Kier alpha value is -2.71. The number of ether oxygens (including phenoxy) is 3. The van der Waals surface area contributed by atoms with E-state index in [2.05, 4.69) is 15.5 Å². The van der Waals surface area contributed by atoms with Crippen molar-refractivity contribution in [2.24, 2.45) is 4.99 Å². The van der Waals surface area contributed by atoms with Gasteiger partial charge >= 0.3 is 0 Å². The first-order valence-corrected chi connectivity index (χ1v) is 10.9. The summed E-state index contributed by atoms with van der Waals surface area (Å²) in [6.45, 7) is 11.0. The maximum absolute atomic E-state index is 5.95. The number of aliphatic imine (C=N–C) groups is 1. The van der Waals surface area contributed by atoms with Gasteiger partial charge in [-0.25, -0.2) is 0 Å². The highest BCUT2D eigenvalue weighted by Crippen LogP contribution is 2.30. The second-order valence-electron chi connectivity index (χ2n) is 7.26. The lowest BCUT2D eigenvalue weighted by Crippen LogP contribution is -2.40. The Kier molecular flexibility index (Phi) is 8.61. The quantitative estimate of drug-likeness (QED) is 0.466. The molecule has 0 saturated carbocycles. The van der Waals surface area contributed by atoms with Crippen LogP contribution in [0.4, 0.5) is 5.69 Å². The number of methoxy groups -OCH3 is 1. The molecular weight excluding hydrogens is 396 g/mol. The third-order valence-corrected chi connectivity index (χ3v) is 5.07. The monoisotopic (exact) mass is 430 g/mol. The molecule has 1 saturated heterocycles. The molecule has 2 N–H and O–H groups in total. The normalized spacial score (nSPS) is 16.1. The third-order valence-electron chi connectivity index (χ3n) is 5.07. The molecule has 0 radical (unpaired) electrons. The minimum Gasteiger partial charge on any atom is -0.493 e. The number of hydrogen-bond acceptors (Lipinski definition) is 6. The highest BCUT2D eigenvalue weighted by molar-refractivity contribution is 5.93. The fourth-order valence-electron chi connectivity index (χ4n) is 3.55. The van der Waals surface area contributed by atoms with Crippen molar-refractivity contribution in [1.29, 1.82) is 0 Å². The molecule has 1 atom stereocenters. The van der Waals surface area contributed by atoms with Gasteiger partial charge in [0.1, 0.15) is 11.5 Å². The van der Waals surface area contributed by atoms with Crippen LogP contribution in [0.5, 0.6) is 11.5 Å². The van der Waals surface area contributed by atoms with Gasteiger partial charge in [-0.2, -0.15) is 0 Å². The highest BCUT2D eigenvalue weighted by Gasteiger charge is 2.25. The van der Waals surface area contributed by atoms with Crippen molar-refractivity contribution in [2.75, 3.05) is 58.4 Å². The molecule has 2 aromatic rings. The van der Waals surface area contributed by atoms with E-state index in [0.717, 1.165) is 50.1 Å². The molecule has 1 aliphatic heterocycles. The van der Waals surface area contributed by atoms with Gasteiger partial charge in [-0.1, -0.05) is 0 Å². The minimum absolute atomic E-state index is 0.0582. The van der Waals surface area contributed by atoms with Crippen LogP contribution in [-0.4, -0.2) is 64.0 Å². The number of rotatable bonds is 9. The average molecular weight is 431 g/mol. The first-order valence-electron chi connectivity index (χ1n) is 10.9. The van der Waals surface area contributed by atoms with Crippen LogP contribution in [0.2, 0.25) is 0 Å². The van der Waals surface area contributed by atoms with Gasteiger partial charge < -0.3 is 29.3 Å². The molecule has 1 aliphatic rings. The maximum Gasteiger partial charge on any atom is 0.195 e.